The molecule has 0 N–H and O–H groups in total. The van der Waals surface area contributed by atoms with Gasteiger partial charge >= 0.3 is 0 Å². The van der Waals surface area contributed by atoms with E-state index in [4.69, 9.17) is 0 Å². The molecule has 0 aliphatic carbocycles. The number of allylic oxidation sites excluding steroid dienone is 1. The standard InChI is InChI=1S/C10H20N2/c1-6-7-12(5)10(11-4)8-9(2)3/h8H,6-7H2,1-5H3. The maximum atomic E-state index is 4.21. The molecule has 0 fully saturated rings. The van der Waals surface area contributed by atoms with Gasteiger partial charge in [0.1, 0.15) is 5.84 Å². The molecule has 2 heteroatoms. The fraction of sp³-hybridized carbons (Fsp3) is 0.700. The summed E-state index contributed by atoms with van der Waals surface area (Å²) < 4.78 is 0. The maximum Gasteiger partial charge on any atom is 0.122 e. The van der Waals surface area contributed by atoms with Crippen LogP contribution in [0.4, 0.5) is 0 Å². The van der Waals surface area contributed by atoms with E-state index in [2.05, 4.69) is 43.8 Å². The Labute approximate surface area is 76.0 Å². The van der Waals surface area contributed by atoms with Gasteiger partial charge in [0.05, 0.1) is 0 Å². The Morgan fingerprint density at radius 1 is 1.42 bits per heavy atom. The zero-order chi connectivity index (χ0) is 9.56. The molecule has 0 saturated carbocycles. The third kappa shape index (κ3) is 4.16. The van der Waals surface area contributed by atoms with Crippen molar-refractivity contribution in [1.82, 2.24) is 4.90 Å². The fourth-order valence-electron chi connectivity index (χ4n) is 1.05. The van der Waals surface area contributed by atoms with Crippen molar-refractivity contribution in [3.8, 4) is 0 Å². The number of rotatable bonds is 3. The van der Waals surface area contributed by atoms with Crippen molar-refractivity contribution < 1.29 is 0 Å². The lowest BCUT2D eigenvalue weighted by atomic mass is 10.3. The van der Waals surface area contributed by atoms with Crippen LogP contribution < -0.4 is 0 Å². The van der Waals surface area contributed by atoms with Gasteiger partial charge in [-0.3, -0.25) is 4.99 Å². The minimum absolute atomic E-state index is 1.07. The highest BCUT2D eigenvalue weighted by molar-refractivity contribution is 5.93. The van der Waals surface area contributed by atoms with Crippen LogP contribution in [0.5, 0.6) is 0 Å². The number of hydrogen-bond acceptors (Lipinski definition) is 1. The number of nitrogens with zero attached hydrogens (tertiary/aromatic N) is 2. The van der Waals surface area contributed by atoms with Gasteiger partial charge in [-0.25, -0.2) is 0 Å². The predicted octanol–water partition coefficient (Wildman–Crippen LogP) is 2.32. The van der Waals surface area contributed by atoms with Crippen LogP contribution in [0.15, 0.2) is 16.6 Å². The SMILES string of the molecule is CCCN(C)C(C=C(C)C)=NC. The molecule has 0 aromatic heterocycles. The Balaban J connectivity index is 4.27. The second kappa shape index (κ2) is 5.81. The molecule has 0 aromatic rings. The van der Waals surface area contributed by atoms with E-state index in [-0.39, 0.29) is 0 Å². The smallest absolute Gasteiger partial charge is 0.122 e. The quantitative estimate of drug-likeness (QED) is 0.466. The van der Waals surface area contributed by atoms with Crippen LogP contribution in [0, 0.1) is 0 Å². The molecule has 0 radical (unpaired) electrons. The normalized spacial score (nSPS) is 11.2. The summed E-state index contributed by atoms with van der Waals surface area (Å²) in [6.45, 7) is 7.42. The van der Waals surface area contributed by atoms with Gasteiger partial charge in [-0.05, 0) is 26.3 Å². The number of amidine groups is 1. The van der Waals surface area contributed by atoms with Crippen molar-refractivity contribution in [2.45, 2.75) is 27.2 Å². The topological polar surface area (TPSA) is 15.6 Å². The second-order valence-corrected chi connectivity index (χ2v) is 3.23. The van der Waals surface area contributed by atoms with E-state index in [9.17, 15) is 0 Å². The van der Waals surface area contributed by atoms with Gasteiger partial charge in [-0.15, -0.1) is 0 Å². The van der Waals surface area contributed by atoms with Crippen LogP contribution in [0.25, 0.3) is 0 Å². The molecule has 0 atom stereocenters. The number of aliphatic imine (C=N–C) groups is 1. The first kappa shape index (κ1) is 11.2. The fourth-order valence-corrected chi connectivity index (χ4v) is 1.05. The molecule has 12 heavy (non-hydrogen) atoms. The van der Waals surface area contributed by atoms with Gasteiger partial charge in [0.25, 0.3) is 0 Å². The van der Waals surface area contributed by atoms with E-state index >= 15 is 0 Å². The average Bonchev–Trinajstić information content (AvgIpc) is 2.00. The lowest BCUT2D eigenvalue weighted by Gasteiger charge is -2.17. The molecule has 0 spiro atoms. The number of hydrogen-bond donors (Lipinski definition) is 0. The summed E-state index contributed by atoms with van der Waals surface area (Å²) in [6.07, 6.45) is 3.27. The van der Waals surface area contributed by atoms with Crippen molar-refractivity contribution in [3.05, 3.63) is 11.6 Å². The molecule has 0 unspecified atom stereocenters. The van der Waals surface area contributed by atoms with E-state index in [0.29, 0.717) is 0 Å². The van der Waals surface area contributed by atoms with Gasteiger partial charge < -0.3 is 4.90 Å². The number of likely N-dealkylation sites (N-methyl/N-ethyl adjacent to an activating group) is 1. The summed E-state index contributed by atoms with van der Waals surface area (Å²) in [7, 11) is 3.91. The van der Waals surface area contributed by atoms with E-state index in [1.807, 2.05) is 7.05 Å². The van der Waals surface area contributed by atoms with Gasteiger partial charge in [-0.2, -0.15) is 0 Å². The van der Waals surface area contributed by atoms with Crippen molar-refractivity contribution in [2.75, 3.05) is 20.6 Å². The Morgan fingerprint density at radius 2 is 2.00 bits per heavy atom. The largest absolute Gasteiger partial charge is 0.360 e. The first-order valence-electron chi connectivity index (χ1n) is 4.44. The summed E-state index contributed by atoms with van der Waals surface area (Å²) in [4.78, 5) is 6.39. The Hall–Kier alpha value is -0.790. The zero-order valence-electron chi connectivity index (χ0n) is 8.89. The summed E-state index contributed by atoms with van der Waals surface area (Å²) in [6, 6.07) is 0. The zero-order valence-corrected chi connectivity index (χ0v) is 8.89. The molecular formula is C10H20N2. The third-order valence-electron chi connectivity index (χ3n) is 1.60. The van der Waals surface area contributed by atoms with E-state index in [1.165, 1.54) is 5.57 Å². The lowest BCUT2D eigenvalue weighted by Crippen LogP contribution is -2.25. The van der Waals surface area contributed by atoms with Crippen LogP contribution in [0.1, 0.15) is 27.2 Å². The minimum atomic E-state index is 1.07. The molecule has 0 bridgehead atoms. The molecule has 0 saturated heterocycles. The van der Waals surface area contributed by atoms with Gasteiger partial charge in [0.15, 0.2) is 0 Å². The van der Waals surface area contributed by atoms with Crippen LogP contribution >= 0.6 is 0 Å². The van der Waals surface area contributed by atoms with Crippen molar-refractivity contribution in [2.24, 2.45) is 4.99 Å². The Morgan fingerprint density at radius 3 is 2.33 bits per heavy atom. The van der Waals surface area contributed by atoms with E-state index in [0.717, 1.165) is 18.8 Å². The summed E-state index contributed by atoms with van der Waals surface area (Å²) in [5.41, 5.74) is 1.29. The van der Waals surface area contributed by atoms with Gasteiger partial charge in [-0.1, -0.05) is 12.5 Å². The molecule has 0 rings (SSSR count). The highest BCUT2D eigenvalue weighted by atomic mass is 15.1. The molecule has 2 nitrogen and oxygen atoms in total. The monoisotopic (exact) mass is 168 g/mol. The molecule has 70 valence electrons. The molecule has 0 aliphatic rings. The van der Waals surface area contributed by atoms with E-state index < -0.39 is 0 Å². The lowest BCUT2D eigenvalue weighted by molar-refractivity contribution is 0.502. The highest BCUT2D eigenvalue weighted by Crippen LogP contribution is 1.96. The first-order valence-corrected chi connectivity index (χ1v) is 4.44. The average molecular weight is 168 g/mol. The van der Waals surface area contributed by atoms with Crippen molar-refractivity contribution in [1.29, 1.82) is 0 Å². The molecule has 0 heterocycles. The van der Waals surface area contributed by atoms with Crippen molar-refractivity contribution in [3.63, 3.8) is 0 Å². The van der Waals surface area contributed by atoms with Gasteiger partial charge in [0.2, 0.25) is 0 Å². The highest BCUT2D eigenvalue weighted by Gasteiger charge is 1.99. The third-order valence-corrected chi connectivity index (χ3v) is 1.60. The summed E-state index contributed by atoms with van der Waals surface area (Å²) in [5, 5.41) is 0. The second-order valence-electron chi connectivity index (χ2n) is 3.23. The minimum Gasteiger partial charge on any atom is -0.360 e. The van der Waals surface area contributed by atoms with Crippen LogP contribution in [0.2, 0.25) is 0 Å². The van der Waals surface area contributed by atoms with Crippen LogP contribution in [0.3, 0.4) is 0 Å². The predicted molar refractivity (Wildman–Crippen MR) is 55.7 cm³/mol. The van der Waals surface area contributed by atoms with E-state index in [1.54, 1.807) is 0 Å². The Kier molecular flexibility index (Phi) is 5.43. The molecule has 0 aromatic carbocycles. The molecular weight excluding hydrogens is 148 g/mol. The van der Waals surface area contributed by atoms with Gasteiger partial charge in [0, 0.05) is 20.6 Å². The maximum absolute atomic E-state index is 4.21. The van der Waals surface area contributed by atoms with Crippen LogP contribution in [-0.4, -0.2) is 31.4 Å². The summed E-state index contributed by atoms with van der Waals surface area (Å²) >= 11 is 0. The molecule has 0 amide bonds. The van der Waals surface area contributed by atoms with Crippen molar-refractivity contribution >= 4 is 5.84 Å². The first-order chi connectivity index (χ1) is 5.61. The Bertz CT molecular complexity index is 176. The molecule has 0 aliphatic heterocycles. The summed E-state index contributed by atoms with van der Waals surface area (Å²) in [5.74, 6) is 1.07. The van der Waals surface area contributed by atoms with Crippen LogP contribution in [-0.2, 0) is 0 Å².